The molecule has 4 heteroatoms. The van der Waals surface area contributed by atoms with Crippen molar-refractivity contribution in [2.45, 2.75) is 40.7 Å². The maximum absolute atomic E-state index is 11.8. The van der Waals surface area contributed by atoms with E-state index in [1.54, 1.807) is 13.1 Å². The van der Waals surface area contributed by atoms with Gasteiger partial charge in [-0.1, -0.05) is 20.8 Å². The first-order chi connectivity index (χ1) is 7.35. The third-order valence-electron chi connectivity index (χ3n) is 2.42. The molecule has 4 nitrogen and oxygen atoms in total. The summed E-state index contributed by atoms with van der Waals surface area (Å²) in [4.78, 5) is 11.8. The van der Waals surface area contributed by atoms with Crippen LogP contribution < -0.4 is 5.56 Å². The van der Waals surface area contributed by atoms with Gasteiger partial charge in [0.25, 0.3) is 5.56 Å². The van der Waals surface area contributed by atoms with E-state index in [1.165, 1.54) is 4.68 Å². The summed E-state index contributed by atoms with van der Waals surface area (Å²) in [5.41, 5.74) is 0.703. The van der Waals surface area contributed by atoms with Gasteiger partial charge in [0.15, 0.2) is 0 Å². The first kappa shape index (κ1) is 12.4. The molecule has 0 unspecified atom stereocenters. The Bertz CT molecular complexity index is 475. The molecular weight excluding hydrogens is 202 g/mol. The highest BCUT2D eigenvalue weighted by Crippen LogP contribution is 2.18. The molecule has 0 saturated carbocycles. The molecule has 1 aromatic rings. The lowest BCUT2D eigenvalue weighted by Gasteiger charge is -2.18. The monoisotopic (exact) mass is 219 g/mol. The number of aryl methyl sites for hydroxylation is 2. The van der Waals surface area contributed by atoms with Gasteiger partial charge in [-0.3, -0.25) is 4.79 Å². The molecule has 1 aromatic heterocycles. The number of hydrogen-bond donors (Lipinski definition) is 0. The molecule has 0 atom stereocenters. The second-order valence-corrected chi connectivity index (χ2v) is 5.15. The zero-order valence-corrected chi connectivity index (χ0v) is 10.2. The van der Waals surface area contributed by atoms with Crippen molar-refractivity contribution in [1.82, 2.24) is 9.78 Å². The molecule has 0 N–H and O–H groups in total. The van der Waals surface area contributed by atoms with Crippen LogP contribution in [0.15, 0.2) is 11.0 Å². The van der Waals surface area contributed by atoms with E-state index in [2.05, 4.69) is 25.9 Å². The van der Waals surface area contributed by atoms with Gasteiger partial charge in [-0.25, -0.2) is 4.68 Å². The first-order valence-corrected chi connectivity index (χ1v) is 5.32. The van der Waals surface area contributed by atoms with Crippen LogP contribution in [0.25, 0.3) is 0 Å². The van der Waals surface area contributed by atoms with Crippen LogP contribution in [-0.2, 0) is 6.54 Å². The van der Waals surface area contributed by atoms with Gasteiger partial charge in [0.1, 0.15) is 11.6 Å². The first-order valence-electron chi connectivity index (χ1n) is 5.32. The zero-order valence-electron chi connectivity index (χ0n) is 10.2. The van der Waals surface area contributed by atoms with Crippen LogP contribution in [-0.4, -0.2) is 9.78 Å². The lowest BCUT2D eigenvalue weighted by Crippen LogP contribution is -2.27. The molecule has 16 heavy (non-hydrogen) atoms. The third-order valence-corrected chi connectivity index (χ3v) is 2.42. The second-order valence-electron chi connectivity index (χ2n) is 5.15. The summed E-state index contributed by atoms with van der Waals surface area (Å²) < 4.78 is 1.37. The van der Waals surface area contributed by atoms with E-state index in [0.29, 0.717) is 12.1 Å². The Morgan fingerprint density at radius 2 is 2.12 bits per heavy atom. The van der Waals surface area contributed by atoms with Crippen molar-refractivity contribution in [2.24, 2.45) is 5.41 Å². The number of hydrogen-bond acceptors (Lipinski definition) is 3. The van der Waals surface area contributed by atoms with Crippen molar-refractivity contribution >= 4 is 0 Å². The number of rotatable bonds is 2. The van der Waals surface area contributed by atoms with Crippen molar-refractivity contribution in [3.63, 3.8) is 0 Å². The fourth-order valence-corrected chi connectivity index (χ4v) is 1.31. The van der Waals surface area contributed by atoms with Gasteiger partial charge in [-0.05, 0) is 24.3 Å². The van der Waals surface area contributed by atoms with Crippen LogP contribution >= 0.6 is 0 Å². The van der Waals surface area contributed by atoms with Gasteiger partial charge in [-0.2, -0.15) is 10.4 Å². The maximum Gasteiger partial charge on any atom is 0.284 e. The highest BCUT2D eigenvalue weighted by atomic mass is 16.1. The molecule has 1 heterocycles. The Hall–Kier alpha value is -1.63. The molecule has 86 valence electrons. The van der Waals surface area contributed by atoms with Crippen LogP contribution in [0.3, 0.4) is 0 Å². The Morgan fingerprint density at radius 3 is 2.62 bits per heavy atom. The molecule has 0 aliphatic rings. The van der Waals surface area contributed by atoms with Crippen molar-refractivity contribution in [3.05, 3.63) is 27.7 Å². The molecular formula is C12H17N3O. The minimum absolute atomic E-state index is 0.152. The predicted octanol–water partition coefficient (Wildman–Crippen LogP) is 1.86. The standard InChI is InChI=1S/C12H17N3O/c1-9-8-14-15(6-5-12(2,3)4)11(16)10(9)7-13/h8H,5-6H2,1-4H3. The predicted molar refractivity (Wildman–Crippen MR) is 62.0 cm³/mol. The van der Waals surface area contributed by atoms with E-state index in [-0.39, 0.29) is 16.5 Å². The Morgan fingerprint density at radius 1 is 1.50 bits per heavy atom. The fourth-order valence-electron chi connectivity index (χ4n) is 1.31. The van der Waals surface area contributed by atoms with Crippen LogP contribution in [0.2, 0.25) is 0 Å². The molecule has 0 bridgehead atoms. The van der Waals surface area contributed by atoms with Crippen molar-refractivity contribution in [2.75, 3.05) is 0 Å². The summed E-state index contributed by atoms with van der Waals surface area (Å²) in [5, 5.41) is 12.9. The highest BCUT2D eigenvalue weighted by Gasteiger charge is 2.13. The molecule has 0 fully saturated rings. The summed E-state index contributed by atoms with van der Waals surface area (Å²) in [6, 6.07) is 1.93. The minimum Gasteiger partial charge on any atom is -0.266 e. The third kappa shape index (κ3) is 2.93. The average Bonchev–Trinajstić information content (AvgIpc) is 2.16. The van der Waals surface area contributed by atoms with Gasteiger partial charge in [0.05, 0.1) is 6.20 Å². The van der Waals surface area contributed by atoms with E-state index in [4.69, 9.17) is 5.26 Å². The molecule has 0 spiro atoms. The molecule has 0 aliphatic carbocycles. The summed E-state index contributed by atoms with van der Waals surface area (Å²) in [6.45, 7) is 8.60. The molecule has 0 radical (unpaired) electrons. The van der Waals surface area contributed by atoms with E-state index >= 15 is 0 Å². The van der Waals surface area contributed by atoms with E-state index in [1.807, 2.05) is 6.07 Å². The molecule has 0 amide bonds. The zero-order chi connectivity index (χ0) is 12.3. The molecule has 0 aliphatic heterocycles. The largest absolute Gasteiger partial charge is 0.284 e. The Balaban J connectivity index is 3.01. The quantitative estimate of drug-likeness (QED) is 0.762. The number of aromatic nitrogens is 2. The van der Waals surface area contributed by atoms with Gasteiger partial charge < -0.3 is 0 Å². The molecule has 1 rings (SSSR count). The topological polar surface area (TPSA) is 58.7 Å². The van der Waals surface area contributed by atoms with E-state index < -0.39 is 0 Å². The number of nitrogens with zero attached hydrogens (tertiary/aromatic N) is 3. The lowest BCUT2D eigenvalue weighted by atomic mass is 9.92. The van der Waals surface area contributed by atoms with Crippen molar-refractivity contribution in [3.8, 4) is 6.07 Å². The van der Waals surface area contributed by atoms with Gasteiger partial charge in [0, 0.05) is 6.54 Å². The van der Waals surface area contributed by atoms with Gasteiger partial charge in [-0.15, -0.1) is 0 Å². The van der Waals surface area contributed by atoms with Crippen LogP contribution in [0, 0.1) is 23.7 Å². The average molecular weight is 219 g/mol. The molecule has 0 aromatic carbocycles. The second kappa shape index (κ2) is 4.48. The summed E-state index contributed by atoms with van der Waals surface area (Å²) >= 11 is 0. The fraction of sp³-hybridized carbons (Fsp3) is 0.583. The highest BCUT2D eigenvalue weighted by molar-refractivity contribution is 5.32. The summed E-state index contributed by atoms with van der Waals surface area (Å²) in [7, 11) is 0. The van der Waals surface area contributed by atoms with Gasteiger partial charge in [0.2, 0.25) is 0 Å². The summed E-state index contributed by atoms with van der Waals surface area (Å²) in [6.07, 6.45) is 2.43. The van der Waals surface area contributed by atoms with Crippen LogP contribution in [0.1, 0.15) is 38.3 Å². The Labute approximate surface area is 95.5 Å². The Kier molecular flexibility index (Phi) is 3.48. The SMILES string of the molecule is Cc1cnn(CCC(C)(C)C)c(=O)c1C#N. The number of nitriles is 1. The van der Waals surface area contributed by atoms with E-state index in [9.17, 15) is 4.79 Å². The molecule has 0 saturated heterocycles. The van der Waals surface area contributed by atoms with Crippen molar-refractivity contribution < 1.29 is 0 Å². The van der Waals surface area contributed by atoms with Crippen LogP contribution in [0.4, 0.5) is 0 Å². The van der Waals surface area contributed by atoms with Gasteiger partial charge >= 0.3 is 0 Å². The normalized spacial score (nSPS) is 11.2. The van der Waals surface area contributed by atoms with Crippen molar-refractivity contribution in [1.29, 1.82) is 5.26 Å². The summed E-state index contributed by atoms with van der Waals surface area (Å²) in [5.74, 6) is 0. The minimum atomic E-state index is -0.285. The van der Waals surface area contributed by atoms with Crippen LogP contribution in [0.5, 0.6) is 0 Å². The van der Waals surface area contributed by atoms with E-state index in [0.717, 1.165) is 6.42 Å². The lowest BCUT2D eigenvalue weighted by molar-refractivity contribution is 0.336. The maximum atomic E-state index is 11.8. The smallest absolute Gasteiger partial charge is 0.266 e.